The normalized spacial score (nSPS) is 10.4. The molecule has 0 fully saturated rings. The van der Waals surface area contributed by atoms with E-state index in [0.29, 0.717) is 10.7 Å². The molecule has 0 atom stereocenters. The largest absolute Gasteiger partial charge is 0.397 e. The summed E-state index contributed by atoms with van der Waals surface area (Å²) in [5.74, 6) is 0. The molecule has 4 heteroatoms. The van der Waals surface area contributed by atoms with Crippen LogP contribution in [0.2, 0.25) is 10.0 Å². The van der Waals surface area contributed by atoms with Gasteiger partial charge in [0.25, 0.3) is 0 Å². The summed E-state index contributed by atoms with van der Waals surface area (Å²) in [6.07, 6.45) is 0. The average Bonchev–Trinajstić information content (AvgIpc) is 2.32. The number of benzene rings is 2. The fourth-order valence-electron chi connectivity index (χ4n) is 1.88. The second-order valence-corrected chi connectivity index (χ2v) is 5.00. The minimum absolute atomic E-state index is 0.659. The molecule has 0 amide bonds. The maximum Gasteiger partial charge on any atom is 0.0789 e. The molecule has 2 nitrogen and oxygen atoms in total. The van der Waals surface area contributed by atoms with Gasteiger partial charge in [0.15, 0.2) is 0 Å². The van der Waals surface area contributed by atoms with Crippen LogP contribution in [0.1, 0.15) is 5.56 Å². The summed E-state index contributed by atoms with van der Waals surface area (Å²) in [6, 6.07) is 13.3. The number of rotatable bonds is 3. The number of anilines is 2. The van der Waals surface area contributed by atoms with Crippen molar-refractivity contribution in [1.29, 1.82) is 0 Å². The van der Waals surface area contributed by atoms with Crippen molar-refractivity contribution in [3.05, 3.63) is 58.1 Å². The lowest BCUT2D eigenvalue weighted by atomic mass is 10.2. The van der Waals surface area contributed by atoms with E-state index in [0.717, 1.165) is 22.8 Å². The van der Waals surface area contributed by atoms with Gasteiger partial charge in [0.05, 0.1) is 16.4 Å². The van der Waals surface area contributed by atoms with E-state index in [-0.39, 0.29) is 0 Å². The van der Waals surface area contributed by atoms with Crippen LogP contribution >= 0.6 is 23.2 Å². The van der Waals surface area contributed by atoms with E-state index in [4.69, 9.17) is 28.9 Å². The molecule has 0 spiro atoms. The molecule has 0 saturated carbocycles. The van der Waals surface area contributed by atoms with Crippen LogP contribution in [-0.2, 0) is 6.54 Å². The second kappa shape index (κ2) is 5.51. The van der Waals surface area contributed by atoms with Crippen molar-refractivity contribution in [2.24, 2.45) is 0 Å². The van der Waals surface area contributed by atoms with Gasteiger partial charge in [-0.1, -0.05) is 41.4 Å². The molecule has 0 radical (unpaired) electrons. The molecule has 0 aliphatic rings. The van der Waals surface area contributed by atoms with Crippen molar-refractivity contribution in [1.82, 2.24) is 0 Å². The molecule has 2 rings (SSSR count). The van der Waals surface area contributed by atoms with Gasteiger partial charge >= 0.3 is 0 Å². The van der Waals surface area contributed by atoms with E-state index in [2.05, 4.69) is 0 Å². The predicted molar refractivity (Wildman–Crippen MR) is 79.4 cm³/mol. The Morgan fingerprint density at radius 2 is 1.72 bits per heavy atom. The van der Waals surface area contributed by atoms with Crippen LogP contribution in [0.5, 0.6) is 0 Å². The van der Waals surface area contributed by atoms with E-state index in [1.54, 1.807) is 0 Å². The molecule has 0 bridgehead atoms. The van der Waals surface area contributed by atoms with Gasteiger partial charge in [0.2, 0.25) is 0 Å². The number of nitrogens with zero attached hydrogens (tertiary/aromatic N) is 1. The maximum atomic E-state index is 6.17. The summed E-state index contributed by atoms with van der Waals surface area (Å²) >= 11 is 12.0. The minimum atomic E-state index is 0.659. The summed E-state index contributed by atoms with van der Waals surface area (Å²) in [7, 11) is 1.96. The smallest absolute Gasteiger partial charge is 0.0789 e. The van der Waals surface area contributed by atoms with Crippen molar-refractivity contribution in [3.8, 4) is 0 Å². The molecule has 2 N–H and O–H groups in total. The highest BCUT2D eigenvalue weighted by atomic mass is 35.5. The third-order valence-corrected chi connectivity index (χ3v) is 3.29. The lowest BCUT2D eigenvalue weighted by molar-refractivity contribution is 0.925. The molecule has 0 aromatic heterocycles. The van der Waals surface area contributed by atoms with Crippen LogP contribution in [0.15, 0.2) is 42.5 Å². The predicted octanol–water partition coefficient (Wildman–Crippen LogP) is 4.21. The molecule has 0 heterocycles. The Bertz CT molecular complexity index is 518. The fraction of sp³-hybridized carbons (Fsp3) is 0.143. The molecular formula is C14H14Cl2N2. The van der Waals surface area contributed by atoms with Crippen molar-refractivity contribution in [2.75, 3.05) is 17.7 Å². The Morgan fingerprint density at radius 1 is 1.06 bits per heavy atom. The van der Waals surface area contributed by atoms with Crippen LogP contribution in [-0.4, -0.2) is 7.05 Å². The minimum Gasteiger partial charge on any atom is -0.397 e. The number of para-hydroxylation sites is 1. The Balaban J connectivity index is 2.22. The summed E-state index contributed by atoms with van der Waals surface area (Å²) in [4.78, 5) is 2.03. The Labute approximate surface area is 117 Å². The zero-order valence-corrected chi connectivity index (χ0v) is 11.5. The van der Waals surface area contributed by atoms with Crippen LogP contribution < -0.4 is 10.6 Å². The van der Waals surface area contributed by atoms with Gasteiger partial charge in [0, 0.05) is 18.6 Å². The number of hydrogen-bond donors (Lipinski definition) is 1. The molecule has 0 aliphatic heterocycles. The van der Waals surface area contributed by atoms with Crippen LogP contribution in [0.3, 0.4) is 0 Å². The van der Waals surface area contributed by atoms with Gasteiger partial charge < -0.3 is 10.6 Å². The monoisotopic (exact) mass is 280 g/mol. The zero-order chi connectivity index (χ0) is 13.1. The van der Waals surface area contributed by atoms with E-state index in [1.807, 2.05) is 54.4 Å². The highest BCUT2D eigenvalue weighted by Crippen LogP contribution is 2.31. The first-order chi connectivity index (χ1) is 8.58. The van der Waals surface area contributed by atoms with Crippen LogP contribution in [0, 0.1) is 0 Å². The first kappa shape index (κ1) is 13.1. The average molecular weight is 281 g/mol. The van der Waals surface area contributed by atoms with E-state index in [1.165, 1.54) is 0 Å². The molecule has 0 unspecified atom stereocenters. The van der Waals surface area contributed by atoms with Gasteiger partial charge in [0.1, 0.15) is 0 Å². The molecule has 18 heavy (non-hydrogen) atoms. The summed E-state index contributed by atoms with van der Waals surface area (Å²) in [5.41, 5.74) is 8.64. The number of nitrogens with two attached hydrogens (primary N) is 1. The van der Waals surface area contributed by atoms with Crippen LogP contribution in [0.4, 0.5) is 11.4 Å². The number of halogens is 2. The Kier molecular flexibility index (Phi) is 4.00. The van der Waals surface area contributed by atoms with Crippen LogP contribution in [0.25, 0.3) is 0 Å². The first-order valence-electron chi connectivity index (χ1n) is 5.57. The van der Waals surface area contributed by atoms with E-state index >= 15 is 0 Å². The van der Waals surface area contributed by atoms with Gasteiger partial charge in [-0.25, -0.2) is 0 Å². The third-order valence-electron chi connectivity index (χ3n) is 2.73. The molecule has 0 saturated heterocycles. The third kappa shape index (κ3) is 2.89. The van der Waals surface area contributed by atoms with Gasteiger partial charge in [-0.15, -0.1) is 0 Å². The molecular weight excluding hydrogens is 267 g/mol. The summed E-state index contributed by atoms with van der Waals surface area (Å²) < 4.78 is 0. The van der Waals surface area contributed by atoms with Gasteiger partial charge in [-0.2, -0.15) is 0 Å². The topological polar surface area (TPSA) is 29.3 Å². The maximum absolute atomic E-state index is 6.17. The lowest BCUT2D eigenvalue weighted by Crippen LogP contribution is -2.18. The van der Waals surface area contributed by atoms with Gasteiger partial charge in [-0.05, 0) is 29.8 Å². The number of hydrogen-bond acceptors (Lipinski definition) is 2. The quantitative estimate of drug-likeness (QED) is 0.854. The SMILES string of the molecule is CN(Cc1ccc(Cl)cc1)c1c(N)cccc1Cl. The molecule has 94 valence electrons. The zero-order valence-electron chi connectivity index (χ0n) is 10.0. The fourth-order valence-corrected chi connectivity index (χ4v) is 2.33. The van der Waals surface area contributed by atoms with Crippen molar-refractivity contribution in [3.63, 3.8) is 0 Å². The standard InChI is InChI=1S/C14H14Cl2N2/c1-18(9-10-5-7-11(15)8-6-10)14-12(16)3-2-4-13(14)17/h2-8H,9,17H2,1H3. The van der Waals surface area contributed by atoms with Crippen molar-refractivity contribution in [2.45, 2.75) is 6.54 Å². The van der Waals surface area contributed by atoms with E-state index < -0.39 is 0 Å². The number of nitrogen functional groups attached to an aromatic ring is 1. The van der Waals surface area contributed by atoms with E-state index in [9.17, 15) is 0 Å². The highest BCUT2D eigenvalue weighted by molar-refractivity contribution is 6.34. The highest BCUT2D eigenvalue weighted by Gasteiger charge is 2.10. The van der Waals surface area contributed by atoms with Gasteiger partial charge in [-0.3, -0.25) is 0 Å². The first-order valence-corrected chi connectivity index (χ1v) is 6.33. The Hall–Kier alpha value is -1.38. The van der Waals surface area contributed by atoms with Crippen molar-refractivity contribution < 1.29 is 0 Å². The lowest BCUT2D eigenvalue weighted by Gasteiger charge is -2.22. The van der Waals surface area contributed by atoms with Crippen molar-refractivity contribution >= 4 is 34.6 Å². The molecule has 0 aliphatic carbocycles. The summed E-state index contributed by atoms with van der Waals surface area (Å²) in [6.45, 7) is 0.727. The molecule has 2 aromatic rings. The Morgan fingerprint density at radius 3 is 2.33 bits per heavy atom. The summed E-state index contributed by atoms with van der Waals surface area (Å²) in [5, 5.41) is 1.39. The molecule has 2 aromatic carbocycles. The second-order valence-electron chi connectivity index (χ2n) is 4.16.